The summed E-state index contributed by atoms with van der Waals surface area (Å²) in [6.45, 7) is 0.519. The highest BCUT2D eigenvalue weighted by atomic mass is 16.5. The van der Waals surface area contributed by atoms with Crippen LogP contribution in [0.2, 0.25) is 0 Å². The number of anilines is 2. The SMILES string of the molecule is Nc1ccc(-c2cc(N)cc(OCc3ccccc3)c2)cc1. The molecule has 3 heteroatoms. The summed E-state index contributed by atoms with van der Waals surface area (Å²) in [5.74, 6) is 0.760. The second-order valence-electron chi connectivity index (χ2n) is 5.19. The lowest BCUT2D eigenvalue weighted by molar-refractivity contribution is 0.306. The molecule has 0 unspecified atom stereocenters. The van der Waals surface area contributed by atoms with Crippen molar-refractivity contribution in [3.8, 4) is 16.9 Å². The standard InChI is InChI=1S/C19H18N2O/c20-17-8-6-15(7-9-17)16-10-18(21)12-19(11-16)22-13-14-4-2-1-3-5-14/h1-12H,13,20-21H2. The first-order valence-electron chi connectivity index (χ1n) is 7.14. The second kappa shape index (κ2) is 6.22. The minimum Gasteiger partial charge on any atom is -0.489 e. The summed E-state index contributed by atoms with van der Waals surface area (Å²) in [6.07, 6.45) is 0. The van der Waals surface area contributed by atoms with Gasteiger partial charge in [-0.05, 0) is 41.0 Å². The largest absolute Gasteiger partial charge is 0.489 e. The molecule has 0 amide bonds. The molecule has 0 atom stereocenters. The van der Waals surface area contributed by atoms with Crippen molar-refractivity contribution in [3.63, 3.8) is 0 Å². The lowest BCUT2D eigenvalue weighted by Crippen LogP contribution is -1.96. The maximum Gasteiger partial charge on any atom is 0.122 e. The number of benzene rings is 3. The van der Waals surface area contributed by atoms with Gasteiger partial charge >= 0.3 is 0 Å². The highest BCUT2D eigenvalue weighted by Gasteiger charge is 2.03. The van der Waals surface area contributed by atoms with Crippen LogP contribution in [0.3, 0.4) is 0 Å². The van der Waals surface area contributed by atoms with Gasteiger partial charge in [-0.25, -0.2) is 0 Å². The molecule has 0 bridgehead atoms. The van der Waals surface area contributed by atoms with Crippen LogP contribution < -0.4 is 16.2 Å². The highest BCUT2D eigenvalue weighted by Crippen LogP contribution is 2.28. The monoisotopic (exact) mass is 290 g/mol. The third-order valence-electron chi connectivity index (χ3n) is 3.42. The predicted molar refractivity (Wildman–Crippen MR) is 91.5 cm³/mol. The van der Waals surface area contributed by atoms with Crippen LogP contribution in [0.1, 0.15) is 5.56 Å². The van der Waals surface area contributed by atoms with Gasteiger partial charge in [0.05, 0.1) is 0 Å². The van der Waals surface area contributed by atoms with Crippen LogP contribution in [0.5, 0.6) is 5.75 Å². The average molecular weight is 290 g/mol. The topological polar surface area (TPSA) is 61.3 Å². The molecule has 0 radical (unpaired) electrons. The maximum absolute atomic E-state index is 5.99. The fourth-order valence-corrected chi connectivity index (χ4v) is 2.29. The number of nitrogen functional groups attached to an aromatic ring is 2. The summed E-state index contributed by atoms with van der Waals surface area (Å²) in [7, 11) is 0. The van der Waals surface area contributed by atoms with E-state index in [0.717, 1.165) is 28.1 Å². The zero-order chi connectivity index (χ0) is 15.4. The zero-order valence-electron chi connectivity index (χ0n) is 12.2. The molecule has 22 heavy (non-hydrogen) atoms. The molecule has 0 spiro atoms. The van der Waals surface area contributed by atoms with Crippen LogP contribution in [0.25, 0.3) is 11.1 Å². The Labute approximate surface area is 130 Å². The summed E-state index contributed by atoms with van der Waals surface area (Å²) >= 11 is 0. The molecule has 0 heterocycles. The van der Waals surface area contributed by atoms with Gasteiger partial charge in [0.25, 0.3) is 0 Å². The van der Waals surface area contributed by atoms with Gasteiger partial charge in [-0.1, -0.05) is 42.5 Å². The first kappa shape index (κ1) is 14.0. The minimum absolute atomic E-state index is 0.519. The van der Waals surface area contributed by atoms with E-state index in [1.54, 1.807) is 0 Å². The van der Waals surface area contributed by atoms with Crippen molar-refractivity contribution in [3.05, 3.63) is 78.4 Å². The van der Waals surface area contributed by atoms with Gasteiger partial charge in [-0.2, -0.15) is 0 Å². The Bertz CT molecular complexity index is 752. The van der Waals surface area contributed by atoms with Crippen molar-refractivity contribution in [2.45, 2.75) is 6.61 Å². The van der Waals surface area contributed by atoms with E-state index in [1.165, 1.54) is 0 Å². The molecule has 0 saturated heterocycles. The van der Waals surface area contributed by atoms with Gasteiger partial charge in [-0.15, -0.1) is 0 Å². The smallest absolute Gasteiger partial charge is 0.122 e. The zero-order valence-corrected chi connectivity index (χ0v) is 12.2. The van der Waals surface area contributed by atoms with Gasteiger partial charge in [0.15, 0.2) is 0 Å². The second-order valence-corrected chi connectivity index (χ2v) is 5.19. The molecule has 0 aliphatic heterocycles. The Hall–Kier alpha value is -2.94. The van der Waals surface area contributed by atoms with Crippen molar-refractivity contribution < 1.29 is 4.74 Å². The fraction of sp³-hybridized carbons (Fsp3) is 0.0526. The maximum atomic E-state index is 5.99. The molecule has 3 aromatic carbocycles. The van der Waals surface area contributed by atoms with Gasteiger partial charge in [0.2, 0.25) is 0 Å². The van der Waals surface area contributed by atoms with Gasteiger partial charge in [-0.3, -0.25) is 0 Å². The van der Waals surface area contributed by atoms with Crippen LogP contribution in [-0.2, 0) is 6.61 Å². The molecule has 110 valence electrons. The molecular weight excluding hydrogens is 272 g/mol. The van der Waals surface area contributed by atoms with Gasteiger partial charge in [0, 0.05) is 17.4 Å². The van der Waals surface area contributed by atoms with Crippen LogP contribution >= 0.6 is 0 Å². The number of nitrogens with two attached hydrogens (primary N) is 2. The van der Waals surface area contributed by atoms with E-state index in [-0.39, 0.29) is 0 Å². The third-order valence-corrected chi connectivity index (χ3v) is 3.42. The third kappa shape index (κ3) is 3.38. The Kier molecular flexibility index (Phi) is 3.97. The van der Waals surface area contributed by atoms with Gasteiger partial charge < -0.3 is 16.2 Å². The first-order chi connectivity index (χ1) is 10.7. The quantitative estimate of drug-likeness (QED) is 0.711. The molecular formula is C19H18N2O. The highest BCUT2D eigenvalue weighted by molar-refractivity contribution is 5.70. The van der Waals surface area contributed by atoms with Crippen LogP contribution in [-0.4, -0.2) is 0 Å². The number of ether oxygens (including phenoxy) is 1. The summed E-state index contributed by atoms with van der Waals surface area (Å²) in [5, 5.41) is 0. The van der Waals surface area contributed by atoms with E-state index in [1.807, 2.05) is 72.8 Å². The Balaban J connectivity index is 1.82. The molecule has 0 aliphatic rings. The Morgan fingerprint density at radius 2 is 1.41 bits per heavy atom. The van der Waals surface area contributed by atoms with Crippen LogP contribution in [0, 0.1) is 0 Å². The van der Waals surface area contributed by atoms with E-state index in [0.29, 0.717) is 12.3 Å². The summed E-state index contributed by atoms with van der Waals surface area (Å²) < 4.78 is 5.85. The van der Waals surface area contributed by atoms with Crippen molar-refractivity contribution in [1.29, 1.82) is 0 Å². The summed E-state index contributed by atoms with van der Waals surface area (Å²) in [5.41, 5.74) is 16.3. The Morgan fingerprint density at radius 1 is 0.682 bits per heavy atom. The Morgan fingerprint density at radius 3 is 2.14 bits per heavy atom. The van der Waals surface area contributed by atoms with Gasteiger partial charge in [0.1, 0.15) is 12.4 Å². The lowest BCUT2D eigenvalue weighted by atomic mass is 10.0. The van der Waals surface area contributed by atoms with Crippen LogP contribution in [0.15, 0.2) is 72.8 Å². The molecule has 0 aliphatic carbocycles. The van der Waals surface area contributed by atoms with E-state index in [2.05, 4.69) is 0 Å². The van der Waals surface area contributed by atoms with E-state index >= 15 is 0 Å². The first-order valence-corrected chi connectivity index (χ1v) is 7.14. The predicted octanol–water partition coefficient (Wildman–Crippen LogP) is 4.10. The number of rotatable bonds is 4. The lowest BCUT2D eigenvalue weighted by Gasteiger charge is -2.10. The van der Waals surface area contributed by atoms with E-state index in [4.69, 9.17) is 16.2 Å². The van der Waals surface area contributed by atoms with Crippen molar-refractivity contribution in [2.75, 3.05) is 11.5 Å². The average Bonchev–Trinajstić information content (AvgIpc) is 2.54. The normalized spacial score (nSPS) is 10.4. The van der Waals surface area contributed by atoms with Crippen molar-refractivity contribution in [2.24, 2.45) is 0 Å². The molecule has 0 aromatic heterocycles. The fourth-order valence-electron chi connectivity index (χ4n) is 2.29. The summed E-state index contributed by atoms with van der Waals surface area (Å²) in [6, 6.07) is 23.5. The molecule has 3 aromatic rings. The van der Waals surface area contributed by atoms with Crippen LogP contribution in [0.4, 0.5) is 11.4 Å². The molecule has 0 saturated carbocycles. The van der Waals surface area contributed by atoms with Crippen molar-refractivity contribution in [1.82, 2.24) is 0 Å². The molecule has 3 nitrogen and oxygen atoms in total. The number of hydrogen-bond acceptors (Lipinski definition) is 3. The van der Waals surface area contributed by atoms with E-state index < -0.39 is 0 Å². The molecule has 4 N–H and O–H groups in total. The van der Waals surface area contributed by atoms with E-state index in [9.17, 15) is 0 Å². The molecule has 0 fully saturated rings. The number of hydrogen-bond donors (Lipinski definition) is 2. The molecule has 3 rings (SSSR count). The van der Waals surface area contributed by atoms with Crippen molar-refractivity contribution >= 4 is 11.4 Å². The summed E-state index contributed by atoms with van der Waals surface area (Å²) in [4.78, 5) is 0. The minimum atomic E-state index is 0.519.